The third-order valence-electron chi connectivity index (χ3n) is 3.85. The van der Waals surface area contributed by atoms with Gasteiger partial charge in [0.2, 0.25) is 0 Å². The summed E-state index contributed by atoms with van der Waals surface area (Å²) in [6.45, 7) is 8.43. The molecule has 0 atom stereocenters. The second-order valence-corrected chi connectivity index (χ2v) is 5.80. The maximum atomic E-state index is 14.0. The van der Waals surface area contributed by atoms with Crippen molar-refractivity contribution in [1.29, 1.82) is 0 Å². The SMILES string of the molecule is C=NNC(=NCC(F)F)C(=C)N1C=CC=C/C1=C(/C)Cc1ccccc1F. The summed E-state index contributed by atoms with van der Waals surface area (Å²) in [6, 6.07) is 6.55. The molecule has 2 rings (SSSR count). The summed E-state index contributed by atoms with van der Waals surface area (Å²) < 4.78 is 39.0. The van der Waals surface area contributed by atoms with Crippen LogP contribution in [0, 0.1) is 5.82 Å². The molecule has 142 valence electrons. The Bertz CT molecular complexity index is 822. The van der Waals surface area contributed by atoms with Crippen LogP contribution < -0.4 is 5.43 Å². The van der Waals surface area contributed by atoms with Gasteiger partial charge in [-0.25, -0.2) is 13.2 Å². The van der Waals surface area contributed by atoms with Gasteiger partial charge in [0.15, 0.2) is 5.84 Å². The van der Waals surface area contributed by atoms with E-state index in [0.717, 1.165) is 11.3 Å². The molecule has 0 bridgehead atoms. The van der Waals surface area contributed by atoms with Crippen LogP contribution in [0.1, 0.15) is 12.5 Å². The zero-order valence-electron chi connectivity index (χ0n) is 15.0. The van der Waals surface area contributed by atoms with E-state index < -0.39 is 13.0 Å². The van der Waals surface area contributed by atoms with Gasteiger partial charge in [0.05, 0.1) is 5.70 Å². The van der Waals surface area contributed by atoms with E-state index in [-0.39, 0.29) is 11.7 Å². The Kier molecular flexibility index (Phi) is 7.16. The van der Waals surface area contributed by atoms with E-state index in [1.54, 1.807) is 35.4 Å². The van der Waals surface area contributed by atoms with Gasteiger partial charge in [0.25, 0.3) is 6.43 Å². The lowest BCUT2D eigenvalue weighted by Crippen LogP contribution is -2.30. The molecule has 0 aromatic heterocycles. The number of aliphatic imine (C=N–C) groups is 1. The van der Waals surface area contributed by atoms with E-state index in [1.165, 1.54) is 6.07 Å². The molecule has 0 unspecified atom stereocenters. The highest BCUT2D eigenvalue weighted by molar-refractivity contribution is 5.97. The molecule has 0 saturated carbocycles. The molecule has 0 saturated heterocycles. The first kappa shape index (κ1) is 20.2. The molecule has 1 aliphatic rings. The van der Waals surface area contributed by atoms with E-state index in [0.29, 0.717) is 17.7 Å². The predicted molar refractivity (Wildman–Crippen MR) is 103 cm³/mol. The topological polar surface area (TPSA) is 40.0 Å². The number of nitrogens with zero attached hydrogens (tertiary/aromatic N) is 3. The van der Waals surface area contributed by atoms with Crippen molar-refractivity contribution in [3.63, 3.8) is 0 Å². The molecule has 4 nitrogen and oxygen atoms in total. The van der Waals surface area contributed by atoms with Gasteiger partial charge in [-0.1, -0.05) is 30.9 Å². The van der Waals surface area contributed by atoms with E-state index >= 15 is 0 Å². The third-order valence-corrected chi connectivity index (χ3v) is 3.85. The number of halogens is 3. The number of nitrogens with one attached hydrogen (secondary N) is 1. The summed E-state index contributed by atoms with van der Waals surface area (Å²) in [5.41, 5.74) is 5.02. The molecule has 0 aliphatic carbocycles. The maximum absolute atomic E-state index is 14.0. The van der Waals surface area contributed by atoms with Gasteiger partial charge in [-0.05, 0) is 42.7 Å². The summed E-state index contributed by atoms with van der Waals surface area (Å²) in [7, 11) is 0. The van der Waals surface area contributed by atoms with Crippen LogP contribution in [0.4, 0.5) is 13.2 Å². The van der Waals surface area contributed by atoms with Crippen LogP contribution in [0.25, 0.3) is 0 Å². The zero-order valence-corrected chi connectivity index (χ0v) is 15.0. The Morgan fingerprint density at radius 1 is 1.26 bits per heavy atom. The third kappa shape index (κ3) is 5.44. The summed E-state index contributed by atoms with van der Waals surface area (Å²) in [5.74, 6) is -0.198. The lowest BCUT2D eigenvalue weighted by Gasteiger charge is -2.28. The van der Waals surface area contributed by atoms with Crippen LogP contribution in [-0.4, -0.2) is 30.4 Å². The molecule has 27 heavy (non-hydrogen) atoms. The Morgan fingerprint density at radius 3 is 2.67 bits per heavy atom. The summed E-state index contributed by atoms with van der Waals surface area (Å²) in [6.07, 6.45) is 4.98. The molecule has 1 aromatic carbocycles. The lowest BCUT2D eigenvalue weighted by atomic mass is 10.0. The number of rotatable bonds is 7. The van der Waals surface area contributed by atoms with Gasteiger partial charge in [-0.2, -0.15) is 5.10 Å². The molecular formula is C20H21F3N4. The summed E-state index contributed by atoms with van der Waals surface area (Å²) >= 11 is 0. The number of amidine groups is 1. The Hall–Kier alpha value is -3.09. The molecule has 1 N–H and O–H groups in total. The normalized spacial score (nSPS) is 15.9. The Balaban J connectivity index is 2.32. The van der Waals surface area contributed by atoms with Gasteiger partial charge in [0, 0.05) is 18.6 Å². The molecule has 7 heteroatoms. The van der Waals surface area contributed by atoms with Crippen LogP contribution >= 0.6 is 0 Å². The first-order valence-electron chi connectivity index (χ1n) is 8.25. The first-order valence-corrected chi connectivity index (χ1v) is 8.25. The quantitative estimate of drug-likeness (QED) is 0.436. The van der Waals surface area contributed by atoms with Gasteiger partial charge in [-0.15, -0.1) is 0 Å². The second-order valence-electron chi connectivity index (χ2n) is 5.80. The van der Waals surface area contributed by atoms with Crippen LogP contribution in [-0.2, 0) is 6.42 Å². The Labute approximate surface area is 156 Å². The van der Waals surface area contributed by atoms with Crippen LogP contribution in [0.2, 0.25) is 0 Å². The van der Waals surface area contributed by atoms with Crippen molar-refractivity contribution in [3.8, 4) is 0 Å². The number of alkyl halides is 2. The predicted octanol–water partition coefficient (Wildman–Crippen LogP) is 4.41. The molecular weight excluding hydrogens is 353 g/mol. The number of hydrogen-bond acceptors (Lipinski definition) is 3. The average molecular weight is 374 g/mol. The van der Waals surface area contributed by atoms with E-state index in [2.05, 4.69) is 28.8 Å². The van der Waals surface area contributed by atoms with E-state index in [4.69, 9.17) is 0 Å². The van der Waals surface area contributed by atoms with Crippen LogP contribution in [0.5, 0.6) is 0 Å². The second kappa shape index (κ2) is 9.56. The highest BCUT2D eigenvalue weighted by Gasteiger charge is 2.18. The molecule has 0 radical (unpaired) electrons. The fourth-order valence-electron chi connectivity index (χ4n) is 2.58. The van der Waals surface area contributed by atoms with Crippen LogP contribution in [0.15, 0.2) is 82.3 Å². The minimum absolute atomic E-state index is 0.0847. The van der Waals surface area contributed by atoms with E-state index in [1.807, 2.05) is 19.1 Å². The van der Waals surface area contributed by atoms with Crippen molar-refractivity contribution in [3.05, 3.63) is 83.6 Å². The lowest BCUT2D eigenvalue weighted by molar-refractivity contribution is 0.158. The zero-order chi connectivity index (χ0) is 19.8. The van der Waals surface area contributed by atoms with Gasteiger partial charge >= 0.3 is 0 Å². The molecule has 1 heterocycles. The van der Waals surface area contributed by atoms with Gasteiger partial charge < -0.3 is 4.90 Å². The average Bonchev–Trinajstić information content (AvgIpc) is 2.66. The van der Waals surface area contributed by atoms with Crippen molar-refractivity contribution >= 4 is 12.6 Å². The first-order chi connectivity index (χ1) is 12.9. The molecule has 0 spiro atoms. The van der Waals surface area contributed by atoms with Crippen molar-refractivity contribution in [2.45, 2.75) is 19.8 Å². The molecule has 0 fully saturated rings. The number of hydrazone groups is 1. The highest BCUT2D eigenvalue weighted by Crippen LogP contribution is 2.24. The van der Waals surface area contributed by atoms with Crippen molar-refractivity contribution < 1.29 is 13.2 Å². The molecule has 1 aliphatic heterocycles. The summed E-state index contributed by atoms with van der Waals surface area (Å²) in [4.78, 5) is 5.51. The van der Waals surface area contributed by atoms with Crippen molar-refractivity contribution in [2.24, 2.45) is 10.1 Å². The largest absolute Gasteiger partial charge is 0.314 e. The fraction of sp³-hybridized carbons (Fsp3) is 0.200. The van der Waals surface area contributed by atoms with E-state index in [9.17, 15) is 13.2 Å². The number of allylic oxidation sites excluding steroid dienone is 4. The molecule has 1 aromatic rings. The minimum Gasteiger partial charge on any atom is -0.314 e. The number of benzene rings is 1. The highest BCUT2D eigenvalue weighted by atomic mass is 19.3. The van der Waals surface area contributed by atoms with Crippen molar-refractivity contribution in [2.75, 3.05) is 6.54 Å². The molecule has 0 amide bonds. The van der Waals surface area contributed by atoms with Crippen molar-refractivity contribution in [1.82, 2.24) is 10.3 Å². The Morgan fingerprint density at radius 2 is 2.00 bits per heavy atom. The van der Waals surface area contributed by atoms with Gasteiger partial charge in [0.1, 0.15) is 12.4 Å². The standard InChI is InChI=1S/C20H21F3N4/c1-14(12-16-8-4-5-9-17(16)21)18-10-6-7-11-27(18)15(2)20(26-24-3)25-13-19(22)23/h4-11,19H,2-3,12-13H2,1H3,(H,25,26)/b18-14+. The van der Waals surface area contributed by atoms with Crippen LogP contribution in [0.3, 0.4) is 0 Å². The number of hydrogen-bond donors (Lipinski definition) is 1. The maximum Gasteiger partial charge on any atom is 0.257 e. The monoisotopic (exact) mass is 374 g/mol. The minimum atomic E-state index is -2.59. The van der Waals surface area contributed by atoms with Gasteiger partial charge in [-0.3, -0.25) is 10.4 Å². The fourth-order valence-corrected chi connectivity index (χ4v) is 2.58. The smallest absolute Gasteiger partial charge is 0.257 e. The summed E-state index contributed by atoms with van der Waals surface area (Å²) in [5, 5.41) is 3.51.